The first-order chi connectivity index (χ1) is 12.3. The molecule has 136 valence electrons. The molecule has 1 unspecified atom stereocenters. The number of rotatable bonds is 5. The molecule has 0 radical (unpaired) electrons. The van der Waals surface area contributed by atoms with Crippen molar-refractivity contribution in [3.63, 3.8) is 0 Å². The van der Waals surface area contributed by atoms with E-state index in [4.69, 9.17) is 32.4 Å². The van der Waals surface area contributed by atoms with E-state index >= 15 is 0 Å². The van der Waals surface area contributed by atoms with E-state index in [1.807, 2.05) is 25.9 Å². The molecule has 0 aliphatic carbocycles. The second-order valence-corrected chi connectivity index (χ2v) is 7.21. The van der Waals surface area contributed by atoms with Crippen LogP contribution >= 0.6 is 23.2 Å². The van der Waals surface area contributed by atoms with E-state index in [1.165, 1.54) is 0 Å². The molecule has 3 aromatic rings. The molecule has 3 rings (SSSR count). The fourth-order valence-electron chi connectivity index (χ4n) is 2.65. The van der Waals surface area contributed by atoms with E-state index in [-0.39, 0.29) is 6.10 Å². The highest BCUT2D eigenvalue weighted by Gasteiger charge is 2.16. The van der Waals surface area contributed by atoms with Crippen LogP contribution in [0.25, 0.3) is 22.6 Å². The van der Waals surface area contributed by atoms with Crippen LogP contribution in [0.5, 0.6) is 0 Å². The second-order valence-electron chi connectivity index (χ2n) is 6.34. The number of ether oxygens (including phenoxy) is 1. The van der Waals surface area contributed by atoms with E-state index in [1.54, 1.807) is 36.4 Å². The molecule has 0 saturated heterocycles. The third-order valence-electron chi connectivity index (χ3n) is 3.66. The number of aromatic nitrogens is 1. The van der Waals surface area contributed by atoms with Crippen molar-refractivity contribution in [2.24, 2.45) is 0 Å². The largest absolute Gasteiger partial charge is 0.458 e. The molecule has 0 N–H and O–H groups in total. The van der Waals surface area contributed by atoms with Crippen LogP contribution in [-0.4, -0.2) is 42.6 Å². The third kappa shape index (κ3) is 4.36. The maximum Gasteiger partial charge on any atom is 0.338 e. The maximum absolute atomic E-state index is 12.3. The summed E-state index contributed by atoms with van der Waals surface area (Å²) >= 11 is 12.1. The van der Waals surface area contributed by atoms with Crippen molar-refractivity contribution in [2.75, 3.05) is 20.6 Å². The number of esters is 1. The van der Waals surface area contributed by atoms with Crippen molar-refractivity contribution < 1.29 is 13.9 Å². The first-order valence-corrected chi connectivity index (χ1v) is 8.80. The highest BCUT2D eigenvalue weighted by molar-refractivity contribution is 6.35. The predicted molar refractivity (Wildman–Crippen MR) is 103 cm³/mol. The Morgan fingerprint density at radius 1 is 1.19 bits per heavy atom. The predicted octanol–water partition coefficient (Wildman–Crippen LogP) is 4.91. The number of carbonyl (C=O) groups excluding carboxylic acids is 1. The van der Waals surface area contributed by atoms with E-state index in [9.17, 15) is 4.79 Å². The Kier molecular flexibility index (Phi) is 5.51. The van der Waals surface area contributed by atoms with E-state index in [0.717, 1.165) is 0 Å². The van der Waals surface area contributed by atoms with E-state index in [0.29, 0.717) is 44.7 Å². The highest BCUT2D eigenvalue weighted by atomic mass is 35.5. The van der Waals surface area contributed by atoms with Crippen LogP contribution in [-0.2, 0) is 4.74 Å². The molecule has 26 heavy (non-hydrogen) atoms. The lowest BCUT2D eigenvalue weighted by molar-refractivity contribution is 0.0289. The lowest BCUT2D eigenvalue weighted by Crippen LogP contribution is -2.28. The number of likely N-dealkylation sites (N-methyl/N-ethyl adjacent to an activating group) is 1. The summed E-state index contributed by atoms with van der Waals surface area (Å²) < 4.78 is 11.2. The SMILES string of the molecule is CC(CN(C)C)OC(=O)c1ccc2nc(-c3cc(Cl)cc(Cl)c3)oc2c1. The fraction of sp³-hybridized carbons (Fsp3) is 0.263. The first-order valence-electron chi connectivity index (χ1n) is 8.04. The minimum absolute atomic E-state index is 0.216. The molecule has 1 aromatic heterocycles. The number of halogens is 2. The summed E-state index contributed by atoms with van der Waals surface area (Å²) in [7, 11) is 3.85. The van der Waals surface area contributed by atoms with Crippen molar-refractivity contribution >= 4 is 40.3 Å². The molecule has 0 aliphatic rings. The Labute approximate surface area is 161 Å². The van der Waals surface area contributed by atoms with Crippen LogP contribution in [0.3, 0.4) is 0 Å². The zero-order valence-corrected chi connectivity index (χ0v) is 16.1. The molecule has 0 amide bonds. The smallest absolute Gasteiger partial charge is 0.338 e. The maximum atomic E-state index is 12.3. The van der Waals surface area contributed by atoms with Crippen LogP contribution in [0.1, 0.15) is 17.3 Å². The van der Waals surface area contributed by atoms with Gasteiger partial charge in [-0.05, 0) is 57.4 Å². The number of hydrogen-bond acceptors (Lipinski definition) is 5. The van der Waals surface area contributed by atoms with Gasteiger partial charge in [0.15, 0.2) is 5.58 Å². The lowest BCUT2D eigenvalue weighted by atomic mass is 10.2. The zero-order chi connectivity index (χ0) is 18.8. The molecule has 5 nitrogen and oxygen atoms in total. The van der Waals surface area contributed by atoms with Gasteiger partial charge in [0.05, 0.1) is 5.56 Å². The van der Waals surface area contributed by atoms with Gasteiger partial charge in [0.1, 0.15) is 11.6 Å². The summed E-state index contributed by atoms with van der Waals surface area (Å²) in [6.45, 7) is 2.50. The Morgan fingerprint density at radius 2 is 1.88 bits per heavy atom. The van der Waals surface area contributed by atoms with Gasteiger partial charge in [0, 0.05) is 22.2 Å². The summed E-state index contributed by atoms with van der Waals surface area (Å²) in [5, 5.41) is 0.989. The number of benzene rings is 2. The second kappa shape index (κ2) is 7.66. The number of hydrogen-bond donors (Lipinski definition) is 0. The average Bonchev–Trinajstić information content (AvgIpc) is 2.96. The summed E-state index contributed by atoms with van der Waals surface area (Å²) in [5.74, 6) is -0.0131. The van der Waals surface area contributed by atoms with Gasteiger partial charge in [0.25, 0.3) is 0 Å². The Bertz CT molecular complexity index is 933. The van der Waals surface area contributed by atoms with Crippen molar-refractivity contribution in [3.8, 4) is 11.5 Å². The third-order valence-corrected chi connectivity index (χ3v) is 4.10. The lowest BCUT2D eigenvalue weighted by Gasteiger charge is -2.17. The molecular formula is C19H18Cl2N2O3. The van der Waals surface area contributed by atoms with Crippen LogP contribution in [0.2, 0.25) is 10.0 Å². The molecular weight excluding hydrogens is 375 g/mol. The van der Waals surface area contributed by atoms with Gasteiger partial charge in [-0.1, -0.05) is 23.2 Å². The number of oxazole rings is 1. The van der Waals surface area contributed by atoms with Gasteiger partial charge >= 0.3 is 5.97 Å². The molecule has 0 spiro atoms. The van der Waals surface area contributed by atoms with Crippen LogP contribution in [0, 0.1) is 0 Å². The minimum atomic E-state index is -0.398. The van der Waals surface area contributed by atoms with Crippen LogP contribution < -0.4 is 0 Å². The highest BCUT2D eigenvalue weighted by Crippen LogP contribution is 2.29. The summed E-state index contributed by atoms with van der Waals surface area (Å²) in [6.07, 6.45) is -0.216. The van der Waals surface area contributed by atoms with E-state index in [2.05, 4.69) is 4.98 Å². The normalized spacial score (nSPS) is 12.5. The van der Waals surface area contributed by atoms with Gasteiger partial charge in [-0.25, -0.2) is 9.78 Å². The standard InChI is InChI=1S/C19H18Cl2N2O3/c1-11(10-23(2)3)25-19(24)12-4-5-16-17(8-12)26-18(22-16)13-6-14(20)9-15(21)7-13/h4-9,11H,10H2,1-3H3. The minimum Gasteiger partial charge on any atom is -0.458 e. The average molecular weight is 393 g/mol. The molecule has 0 aliphatic heterocycles. The van der Waals surface area contributed by atoms with Gasteiger partial charge in [0.2, 0.25) is 5.89 Å². The fourth-order valence-corrected chi connectivity index (χ4v) is 3.18. The van der Waals surface area contributed by atoms with Crippen LogP contribution in [0.15, 0.2) is 40.8 Å². The molecule has 7 heteroatoms. The molecule has 0 fully saturated rings. The van der Waals surface area contributed by atoms with Crippen molar-refractivity contribution in [1.29, 1.82) is 0 Å². The number of fused-ring (bicyclic) bond motifs is 1. The Morgan fingerprint density at radius 3 is 2.54 bits per heavy atom. The van der Waals surface area contributed by atoms with Crippen molar-refractivity contribution in [3.05, 3.63) is 52.0 Å². The summed E-state index contributed by atoms with van der Waals surface area (Å²) in [6, 6.07) is 10.1. The van der Waals surface area contributed by atoms with E-state index < -0.39 is 5.97 Å². The first kappa shape index (κ1) is 18.7. The monoisotopic (exact) mass is 392 g/mol. The summed E-state index contributed by atoms with van der Waals surface area (Å²) in [5.41, 5.74) is 2.21. The van der Waals surface area contributed by atoms with Gasteiger partial charge in [-0.2, -0.15) is 0 Å². The molecule has 1 heterocycles. The molecule has 0 bridgehead atoms. The molecule has 1 atom stereocenters. The Hall–Kier alpha value is -2.08. The molecule has 2 aromatic carbocycles. The topological polar surface area (TPSA) is 55.6 Å². The number of carbonyl (C=O) groups is 1. The van der Waals surface area contributed by atoms with Crippen LogP contribution in [0.4, 0.5) is 0 Å². The zero-order valence-electron chi connectivity index (χ0n) is 14.6. The Balaban J connectivity index is 1.86. The molecule has 0 saturated carbocycles. The van der Waals surface area contributed by atoms with Gasteiger partial charge in [-0.3, -0.25) is 0 Å². The summed E-state index contributed by atoms with van der Waals surface area (Å²) in [4.78, 5) is 18.7. The van der Waals surface area contributed by atoms with Gasteiger partial charge < -0.3 is 14.1 Å². The van der Waals surface area contributed by atoms with Crippen molar-refractivity contribution in [1.82, 2.24) is 9.88 Å². The van der Waals surface area contributed by atoms with Gasteiger partial charge in [-0.15, -0.1) is 0 Å². The number of nitrogens with zero attached hydrogens (tertiary/aromatic N) is 2. The van der Waals surface area contributed by atoms with Crippen molar-refractivity contribution in [2.45, 2.75) is 13.0 Å². The quantitative estimate of drug-likeness (QED) is 0.577.